The molecule has 2 aliphatic rings. The average molecular weight is 359 g/mol. The van der Waals surface area contributed by atoms with Gasteiger partial charge in [0.1, 0.15) is 12.4 Å². The summed E-state index contributed by atoms with van der Waals surface area (Å²) in [7, 11) is 1.66. The molecule has 2 N–H and O–H groups in total. The van der Waals surface area contributed by atoms with Crippen molar-refractivity contribution in [3.63, 3.8) is 0 Å². The minimum absolute atomic E-state index is 0.0991. The fourth-order valence-corrected chi connectivity index (χ4v) is 3.75. The number of nitrogens with one attached hydrogen (secondary N) is 2. The second kappa shape index (κ2) is 6.20. The van der Waals surface area contributed by atoms with Crippen LogP contribution in [0.2, 0.25) is 0 Å². The van der Waals surface area contributed by atoms with Gasteiger partial charge in [-0.1, -0.05) is 5.21 Å². The summed E-state index contributed by atoms with van der Waals surface area (Å²) in [5.74, 6) is 0.434. The van der Waals surface area contributed by atoms with Crippen LogP contribution in [-0.4, -0.2) is 54.7 Å². The minimum Gasteiger partial charge on any atom is -0.371 e. The van der Waals surface area contributed by atoms with E-state index in [9.17, 15) is 9.59 Å². The van der Waals surface area contributed by atoms with Crippen LogP contribution in [-0.2, 0) is 23.1 Å². The van der Waals surface area contributed by atoms with Crippen molar-refractivity contribution in [1.82, 2.24) is 29.9 Å². The third kappa shape index (κ3) is 3.19. The van der Waals surface area contributed by atoms with E-state index in [1.54, 1.807) is 19.4 Å². The number of fused-ring (bicyclic) bond motifs is 2. The number of carbonyl (C=O) groups excluding carboxylic acids is 1. The fraction of sp³-hybridized carbons (Fsp3) is 0.562. The van der Waals surface area contributed by atoms with E-state index in [4.69, 9.17) is 4.74 Å². The molecular formula is C16H21N7O3. The van der Waals surface area contributed by atoms with Crippen molar-refractivity contribution < 1.29 is 9.53 Å². The van der Waals surface area contributed by atoms with E-state index >= 15 is 0 Å². The highest BCUT2D eigenvalue weighted by Gasteiger charge is 2.56. The molecule has 1 saturated carbocycles. The van der Waals surface area contributed by atoms with E-state index in [0.717, 1.165) is 19.3 Å². The molecule has 10 heteroatoms. The number of hydrogen-bond donors (Lipinski definition) is 2. The molecule has 26 heavy (non-hydrogen) atoms. The van der Waals surface area contributed by atoms with Crippen LogP contribution >= 0.6 is 0 Å². The number of anilines is 1. The molecule has 3 heterocycles. The predicted octanol–water partition coefficient (Wildman–Crippen LogP) is -0.708. The minimum atomic E-state index is -0.344. The lowest BCUT2D eigenvalue weighted by molar-refractivity contribution is -0.124. The summed E-state index contributed by atoms with van der Waals surface area (Å²) >= 11 is 0. The lowest BCUT2D eigenvalue weighted by atomic mass is 9.98. The summed E-state index contributed by atoms with van der Waals surface area (Å²) in [6, 6.07) is 1.47. The molecule has 2 fully saturated rings. The largest absolute Gasteiger partial charge is 0.371 e. The maximum absolute atomic E-state index is 12.3. The zero-order valence-electron chi connectivity index (χ0n) is 14.5. The first-order valence-electron chi connectivity index (χ1n) is 8.53. The molecule has 0 spiro atoms. The monoisotopic (exact) mass is 359 g/mol. The molecule has 1 amide bonds. The maximum Gasteiger partial charge on any atom is 0.255 e. The van der Waals surface area contributed by atoms with Crippen LogP contribution in [0.1, 0.15) is 19.3 Å². The van der Waals surface area contributed by atoms with Crippen molar-refractivity contribution in [3.05, 3.63) is 35.1 Å². The molecule has 0 radical (unpaired) electrons. The summed E-state index contributed by atoms with van der Waals surface area (Å²) in [5.41, 5.74) is -0.795. The molecule has 138 valence electrons. The summed E-state index contributed by atoms with van der Waals surface area (Å²) in [6.07, 6.45) is 7.13. The Morgan fingerprint density at radius 3 is 3.00 bits per heavy atom. The van der Waals surface area contributed by atoms with Gasteiger partial charge < -0.3 is 19.9 Å². The van der Waals surface area contributed by atoms with Crippen molar-refractivity contribution in [1.29, 1.82) is 0 Å². The van der Waals surface area contributed by atoms with Crippen molar-refractivity contribution in [2.45, 2.75) is 36.9 Å². The van der Waals surface area contributed by atoms with Crippen LogP contribution in [0.3, 0.4) is 0 Å². The Hall–Kier alpha value is -2.75. The Morgan fingerprint density at radius 2 is 2.31 bits per heavy atom. The van der Waals surface area contributed by atoms with Crippen LogP contribution in [0.15, 0.2) is 29.6 Å². The first-order valence-corrected chi connectivity index (χ1v) is 8.53. The number of nitrogens with zero attached hydrogens (tertiary/aromatic N) is 5. The zero-order valence-corrected chi connectivity index (χ0v) is 14.5. The van der Waals surface area contributed by atoms with E-state index in [2.05, 4.69) is 25.9 Å². The third-order valence-corrected chi connectivity index (χ3v) is 5.13. The Morgan fingerprint density at radius 1 is 1.42 bits per heavy atom. The number of hydrogen-bond acceptors (Lipinski definition) is 7. The maximum atomic E-state index is 12.3. The van der Waals surface area contributed by atoms with Gasteiger partial charge in [-0.15, -0.1) is 5.10 Å². The number of carbonyl (C=O) groups is 1. The number of aromatic nitrogens is 5. The quantitative estimate of drug-likeness (QED) is 0.700. The molecule has 2 aromatic rings. The number of rotatable bonds is 6. The fourth-order valence-electron chi connectivity index (χ4n) is 3.75. The van der Waals surface area contributed by atoms with E-state index in [1.807, 2.05) is 0 Å². The van der Waals surface area contributed by atoms with Gasteiger partial charge >= 0.3 is 0 Å². The SMILES string of the molecule is Cn1cnc(NCC23CCC(NC(=O)Cn4ccnn4)(CO2)C3)cc1=O. The molecule has 4 rings (SSSR count). The topological polar surface area (TPSA) is 116 Å². The van der Waals surface area contributed by atoms with Crippen molar-refractivity contribution in [2.75, 3.05) is 18.5 Å². The van der Waals surface area contributed by atoms with Gasteiger partial charge in [-0.25, -0.2) is 9.67 Å². The van der Waals surface area contributed by atoms with Gasteiger partial charge in [-0.05, 0) is 12.8 Å². The molecule has 1 aliphatic carbocycles. The van der Waals surface area contributed by atoms with Gasteiger partial charge in [0, 0.05) is 32.3 Å². The molecule has 2 aromatic heterocycles. The van der Waals surface area contributed by atoms with Crippen LogP contribution in [0.4, 0.5) is 5.82 Å². The van der Waals surface area contributed by atoms with Gasteiger partial charge in [0.2, 0.25) is 5.91 Å². The smallest absolute Gasteiger partial charge is 0.255 e. The van der Waals surface area contributed by atoms with Crippen LogP contribution in [0.5, 0.6) is 0 Å². The second-order valence-corrected chi connectivity index (χ2v) is 7.15. The lowest BCUT2D eigenvalue weighted by Gasteiger charge is -2.29. The van der Waals surface area contributed by atoms with Gasteiger partial charge in [0.15, 0.2) is 0 Å². The highest BCUT2D eigenvalue weighted by molar-refractivity contribution is 5.76. The van der Waals surface area contributed by atoms with Crippen molar-refractivity contribution in [2.24, 2.45) is 7.05 Å². The van der Waals surface area contributed by atoms with Gasteiger partial charge in [0.05, 0.1) is 30.3 Å². The standard InChI is InChI=1S/C16H21N7O3/c1-22-11-18-12(6-14(22)25)17-9-16-3-2-15(8-16,10-26-16)20-13(24)7-23-5-4-19-21-23/h4-6,11,17H,2-3,7-10H2,1H3,(H,20,24). The van der Waals surface area contributed by atoms with E-state index in [-0.39, 0.29) is 29.2 Å². The highest BCUT2D eigenvalue weighted by atomic mass is 16.5. The molecule has 0 aromatic carbocycles. The van der Waals surface area contributed by atoms with Crippen LogP contribution < -0.4 is 16.2 Å². The molecule has 1 aliphatic heterocycles. The van der Waals surface area contributed by atoms with E-state index in [1.165, 1.54) is 21.6 Å². The number of aryl methyl sites for hydroxylation is 1. The number of amides is 1. The van der Waals surface area contributed by atoms with Gasteiger partial charge in [0.25, 0.3) is 5.56 Å². The Labute approximate surface area is 149 Å². The zero-order chi connectivity index (χ0) is 18.2. The predicted molar refractivity (Wildman–Crippen MR) is 91.4 cm³/mol. The summed E-state index contributed by atoms with van der Waals surface area (Å²) in [6.45, 7) is 1.18. The number of ether oxygens (including phenoxy) is 1. The molecule has 2 atom stereocenters. The average Bonchev–Trinajstić information content (AvgIpc) is 3.32. The summed E-state index contributed by atoms with van der Waals surface area (Å²) in [4.78, 5) is 28.2. The first kappa shape index (κ1) is 16.7. The lowest BCUT2D eigenvalue weighted by Crippen LogP contribution is -2.49. The molecule has 10 nitrogen and oxygen atoms in total. The van der Waals surface area contributed by atoms with Gasteiger partial charge in [-0.3, -0.25) is 9.59 Å². The molecular weight excluding hydrogens is 338 g/mol. The highest BCUT2D eigenvalue weighted by Crippen LogP contribution is 2.47. The van der Waals surface area contributed by atoms with Crippen LogP contribution in [0.25, 0.3) is 0 Å². The Balaban J connectivity index is 1.36. The second-order valence-electron chi connectivity index (χ2n) is 7.15. The van der Waals surface area contributed by atoms with E-state index < -0.39 is 0 Å². The van der Waals surface area contributed by atoms with Crippen molar-refractivity contribution in [3.8, 4) is 0 Å². The summed E-state index contributed by atoms with van der Waals surface area (Å²) < 4.78 is 8.94. The van der Waals surface area contributed by atoms with Crippen LogP contribution in [0, 0.1) is 0 Å². The van der Waals surface area contributed by atoms with E-state index in [0.29, 0.717) is 19.0 Å². The third-order valence-electron chi connectivity index (χ3n) is 5.13. The first-order chi connectivity index (χ1) is 12.5. The van der Waals surface area contributed by atoms with Gasteiger partial charge in [-0.2, -0.15) is 0 Å². The van der Waals surface area contributed by atoms with Crippen molar-refractivity contribution >= 4 is 11.7 Å². The Bertz CT molecular complexity index is 853. The molecule has 2 unspecified atom stereocenters. The summed E-state index contributed by atoms with van der Waals surface area (Å²) in [5, 5.41) is 13.8. The molecule has 1 saturated heterocycles. The normalized spacial score (nSPS) is 26.8. The molecule has 2 bridgehead atoms. The Kier molecular flexibility index (Phi) is 3.98.